The van der Waals surface area contributed by atoms with Gasteiger partial charge in [-0.15, -0.1) is 5.10 Å². The van der Waals surface area contributed by atoms with Crippen molar-refractivity contribution >= 4 is 16.9 Å². The minimum absolute atomic E-state index is 0.196. The van der Waals surface area contributed by atoms with E-state index < -0.39 is 6.04 Å². The van der Waals surface area contributed by atoms with Crippen LogP contribution in [-0.4, -0.2) is 31.0 Å². The van der Waals surface area contributed by atoms with Gasteiger partial charge in [-0.3, -0.25) is 4.79 Å². The molecule has 1 atom stereocenters. The van der Waals surface area contributed by atoms with Crippen LogP contribution >= 0.6 is 0 Å². The van der Waals surface area contributed by atoms with Gasteiger partial charge in [0.2, 0.25) is 11.7 Å². The van der Waals surface area contributed by atoms with E-state index in [4.69, 9.17) is 4.52 Å². The Morgan fingerprint density at radius 3 is 2.81 bits per heavy atom. The van der Waals surface area contributed by atoms with Crippen LogP contribution in [0.4, 0.5) is 0 Å². The number of fused-ring (bicyclic) bond motifs is 1. The zero-order valence-electron chi connectivity index (χ0n) is 14.2. The highest BCUT2D eigenvalue weighted by Crippen LogP contribution is 2.22. The number of benzene rings is 2. The van der Waals surface area contributed by atoms with Gasteiger partial charge in [0.15, 0.2) is 0 Å². The Bertz CT molecular complexity index is 1070. The van der Waals surface area contributed by atoms with Crippen molar-refractivity contribution in [2.45, 2.75) is 13.0 Å². The van der Waals surface area contributed by atoms with Crippen LogP contribution in [0, 0.1) is 0 Å². The maximum Gasteiger partial charge on any atom is 0.251 e. The molecule has 1 N–H and O–H groups in total. The topological polar surface area (TPSA) is 98.7 Å². The van der Waals surface area contributed by atoms with Gasteiger partial charge >= 0.3 is 0 Å². The molecule has 1 unspecified atom stereocenters. The first-order valence-corrected chi connectivity index (χ1v) is 8.11. The summed E-state index contributed by atoms with van der Waals surface area (Å²) in [6.07, 6.45) is 0. The molecule has 0 saturated heterocycles. The molecule has 0 aliphatic rings. The molecule has 2 heterocycles. The van der Waals surface area contributed by atoms with Crippen LogP contribution < -0.4 is 5.32 Å². The molecule has 0 spiro atoms. The van der Waals surface area contributed by atoms with Crippen LogP contribution in [0.15, 0.2) is 53.1 Å². The van der Waals surface area contributed by atoms with Gasteiger partial charge in [-0.1, -0.05) is 28.6 Å². The summed E-state index contributed by atoms with van der Waals surface area (Å²) in [7, 11) is 1.83. The van der Waals surface area contributed by atoms with Gasteiger partial charge in [0, 0.05) is 18.2 Å². The summed E-state index contributed by atoms with van der Waals surface area (Å²) in [5, 5.41) is 14.9. The van der Waals surface area contributed by atoms with Crippen LogP contribution in [-0.2, 0) is 7.05 Å². The summed E-state index contributed by atoms with van der Waals surface area (Å²) in [6, 6.07) is 14.2. The first-order chi connectivity index (χ1) is 12.6. The molecule has 130 valence electrons. The van der Waals surface area contributed by atoms with E-state index in [-0.39, 0.29) is 5.91 Å². The summed E-state index contributed by atoms with van der Waals surface area (Å²) >= 11 is 0. The van der Waals surface area contributed by atoms with E-state index in [9.17, 15) is 4.79 Å². The van der Waals surface area contributed by atoms with Gasteiger partial charge in [0.05, 0.1) is 5.52 Å². The molecule has 0 aliphatic carbocycles. The largest absolute Gasteiger partial charge is 0.341 e. The van der Waals surface area contributed by atoms with Crippen LogP contribution in [0.3, 0.4) is 0 Å². The predicted molar refractivity (Wildman–Crippen MR) is 94.1 cm³/mol. The van der Waals surface area contributed by atoms with Crippen LogP contribution in [0.1, 0.15) is 29.2 Å². The molecular formula is C18H16N6O2. The molecule has 26 heavy (non-hydrogen) atoms. The van der Waals surface area contributed by atoms with E-state index in [1.165, 1.54) is 0 Å². The van der Waals surface area contributed by atoms with Crippen molar-refractivity contribution in [3.8, 4) is 11.4 Å². The van der Waals surface area contributed by atoms with Crippen molar-refractivity contribution in [2.75, 3.05) is 0 Å². The van der Waals surface area contributed by atoms with Gasteiger partial charge in [-0.05, 0) is 37.3 Å². The highest BCUT2D eigenvalue weighted by atomic mass is 16.5. The van der Waals surface area contributed by atoms with E-state index in [1.807, 2.05) is 43.4 Å². The zero-order valence-corrected chi connectivity index (χ0v) is 14.2. The lowest BCUT2D eigenvalue weighted by molar-refractivity contribution is 0.0932. The standard InChI is InChI=1S/C18H16N6O2/c1-11(19-17(25)12-6-4-3-5-7-12)18-20-16(22-26-18)13-8-9-15-14(10-13)21-23-24(15)2/h3-11H,1-2H3,(H,19,25). The second-order valence-electron chi connectivity index (χ2n) is 5.93. The van der Waals surface area contributed by atoms with Crippen molar-refractivity contribution in [2.24, 2.45) is 7.05 Å². The third kappa shape index (κ3) is 2.92. The lowest BCUT2D eigenvalue weighted by atomic mass is 10.2. The quantitative estimate of drug-likeness (QED) is 0.608. The number of carbonyl (C=O) groups excluding carboxylic acids is 1. The molecule has 4 aromatic rings. The molecule has 8 nitrogen and oxygen atoms in total. The summed E-state index contributed by atoms with van der Waals surface area (Å²) in [6.45, 7) is 1.80. The molecule has 2 aromatic heterocycles. The van der Waals surface area contributed by atoms with Gasteiger partial charge in [-0.2, -0.15) is 4.98 Å². The van der Waals surface area contributed by atoms with Crippen molar-refractivity contribution in [3.05, 3.63) is 60.0 Å². The number of rotatable bonds is 4. The number of aryl methyl sites for hydroxylation is 1. The second-order valence-corrected chi connectivity index (χ2v) is 5.93. The first kappa shape index (κ1) is 15.9. The predicted octanol–water partition coefficient (Wildman–Crippen LogP) is 2.51. The summed E-state index contributed by atoms with van der Waals surface area (Å²) in [4.78, 5) is 16.6. The fraction of sp³-hybridized carbons (Fsp3) is 0.167. The van der Waals surface area contributed by atoms with E-state index in [0.717, 1.165) is 16.6 Å². The highest BCUT2D eigenvalue weighted by Gasteiger charge is 2.18. The van der Waals surface area contributed by atoms with Crippen molar-refractivity contribution < 1.29 is 9.32 Å². The third-order valence-electron chi connectivity index (χ3n) is 4.06. The molecule has 8 heteroatoms. The third-order valence-corrected chi connectivity index (χ3v) is 4.06. The number of hydrogen-bond acceptors (Lipinski definition) is 6. The van der Waals surface area contributed by atoms with E-state index in [1.54, 1.807) is 23.7 Å². The van der Waals surface area contributed by atoms with Gasteiger partial charge in [0.25, 0.3) is 5.91 Å². The fourth-order valence-electron chi connectivity index (χ4n) is 2.64. The molecule has 1 amide bonds. The lowest BCUT2D eigenvalue weighted by Gasteiger charge is -2.09. The van der Waals surface area contributed by atoms with Gasteiger partial charge < -0.3 is 9.84 Å². The first-order valence-electron chi connectivity index (χ1n) is 8.11. The smallest absolute Gasteiger partial charge is 0.251 e. The molecule has 4 rings (SSSR count). The molecule has 0 saturated carbocycles. The molecule has 0 aliphatic heterocycles. The van der Waals surface area contributed by atoms with Crippen LogP contribution in [0.5, 0.6) is 0 Å². The Balaban J connectivity index is 1.54. The maximum atomic E-state index is 12.2. The summed E-state index contributed by atoms with van der Waals surface area (Å²) in [5.41, 5.74) is 3.02. The van der Waals surface area contributed by atoms with Gasteiger partial charge in [-0.25, -0.2) is 4.68 Å². The van der Waals surface area contributed by atoms with Crippen LogP contribution in [0.25, 0.3) is 22.4 Å². The normalized spacial score (nSPS) is 12.2. The van der Waals surface area contributed by atoms with E-state index in [2.05, 4.69) is 25.8 Å². The number of aromatic nitrogens is 5. The number of hydrogen-bond donors (Lipinski definition) is 1. The average Bonchev–Trinajstić information content (AvgIpc) is 3.30. The Kier molecular flexibility index (Phi) is 3.92. The highest BCUT2D eigenvalue weighted by molar-refractivity contribution is 5.94. The minimum atomic E-state index is -0.413. The lowest BCUT2D eigenvalue weighted by Crippen LogP contribution is -2.26. The monoisotopic (exact) mass is 348 g/mol. The van der Waals surface area contributed by atoms with E-state index in [0.29, 0.717) is 17.3 Å². The average molecular weight is 348 g/mol. The number of nitrogens with one attached hydrogen (secondary N) is 1. The Morgan fingerprint density at radius 2 is 2.00 bits per heavy atom. The molecule has 0 bridgehead atoms. The SMILES string of the molecule is CC(NC(=O)c1ccccc1)c1nc(-c2ccc3c(c2)nnn3C)no1. The summed E-state index contributed by atoms with van der Waals surface area (Å²) < 4.78 is 7.01. The molecule has 0 fully saturated rings. The van der Waals surface area contributed by atoms with Crippen molar-refractivity contribution in [1.82, 2.24) is 30.5 Å². The van der Waals surface area contributed by atoms with Crippen LogP contribution in [0.2, 0.25) is 0 Å². The van der Waals surface area contributed by atoms with Crippen molar-refractivity contribution in [3.63, 3.8) is 0 Å². The number of carbonyl (C=O) groups is 1. The number of nitrogens with zero attached hydrogens (tertiary/aromatic N) is 5. The Morgan fingerprint density at radius 1 is 1.19 bits per heavy atom. The Hall–Kier alpha value is -3.55. The molecule has 2 aromatic carbocycles. The minimum Gasteiger partial charge on any atom is -0.341 e. The summed E-state index contributed by atoms with van der Waals surface area (Å²) in [5.74, 6) is 0.579. The van der Waals surface area contributed by atoms with Crippen molar-refractivity contribution in [1.29, 1.82) is 0 Å². The second kappa shape index (κ2) is 6.40. The fourth-order valence-corrected chi connectivity index (χ4v) is 2.64. The molecular weight excluding hydrogens is 332 g/mol. The van der Waals surface area contributed by atoms with Gasteiger partial charge in [0.1, 0.15) is 11.6 Å². The zero-order chi connectivity index (χ0) is 18.1. The Labute approximate surface area is 148 Å². The molecule has 0 radical (unpaired) electrons. The maximum absolute atomic E-state index is 12.2. The number of amides is 1. The van der Waals surface area contributed by atoms with E-state index >= 15 is 0 Å².